The van der Waals surface area contributed by atoms with Gasteiger partial charge in [0.25, 0.3) is 0 Å². The van der Waals surface area contributed by atoms with Gasteiger partial charge in [-0.25, -0.2) is 0 Å². The molecule has 1 N–H and O–H groups in total. The molecule has 0 fully saturated rings. The van der Waals surface area contributed by atoms with E-state index in [1.54, 1.807) is 18.8 Å². The zero-order valence-corrected chi connectivity index (χ0v) is 12.3. The van der Waals surface area contributed by atoms with Crippen LogP contribution in [0.15, 0.2) is 29.2 Å². The Kier molecular flexibility index (Phi) is 5.69. The molecule has 0 aliphatic rings. The molecule has 1 aromatic carbocycles. The Balaban J connectivity index is 2.63. The number of esters is 1. The number of ether oxygens (including phenoxy) is 1. The maximum atomic E-state index is 11.9. The molecule has 0 aromatic heterocycles. The van der Waals surface area contributed by atoms with E-state index in [1.807, 2.05) is 13.8 Å². The van der Waals surface area contributed by atoms with Crippen LogP contribution in [-0.4, -0.2) is 30.9 Å². The highest BCUT2D eigenvalue weighted by Gasteiger charge is 2.32. The van der Waals surface area contributed by atoms with E-state index >= 15 is 0 Å². The summed E-state index contributed by atoms with van der Waals surface area (Å²) in [5.41, 5.74) is 0.590. The number of thioether (sulfide) groups is 1. The van der Waals surface area contributed by atoms with Crippen LogP contribution in [0.1, 0.15) is 19.4 Å². The molecule has 4 heteroatoms. The summed E-state index contributed by atoms with van der Waals surface area (Å²) in [6.07, 6.45) is 0. The summed E-state index contributed by atoms with van der Waals surface area (Å²) < 4.78 is 5.09. The molecule has 18 heavy (non-hydrogen) atoms. The second-order valence-corrected chi connectivity index (χ2v) is 5.45. The standard InChI is InChI=1S/C14H21NO2S/c1-5-17-13(16)14(3,15-4)10-18-12-8-6-11(2)7-9-12/h6-9,15H,5,10H2,1-4H3. The zero-order chi connectivity index (χ0) is 13.6. The van der Waals surface area contributed by atoms with Gasteiger partial charge in [0, 0.05) is 10.6 Å². The molecule has 0 saturated carbocycles. The fourth-order valence-electron chi connectivity index (χ4n) is 1.39. The number of carbonyl (C=O) groups excluding carboxylic acids is 1. The molecule has 0 saturated heterocycles. The molecular formula is C14H21NO2S. The van der Waals surface area contributed by atoms with Gasteiger partial charge in [-0.3, -0.25) is 4.79 Å². The van der Waals surface area contributed by atoms with Crippen molar-refractivity contribution in [3.8, 4) is 0 Å². The lowest BCUT2D eigenvalue weighted by Crippen LogP contribution is -2.50. The van der Waals surface area contributed by atoms with Crippen LogP contribution in [0.5, 0.6) is 0 Å². The number of aryl methyl sites for hydroxylation is 1. The normalized spacial score (nSPS) is 14.0. The fourth-order valence-corrected chi connectivity index (χ4v) is 2.43. The van der Waals surface area contributed by atoms with E-state index < -0.39 is 5.54 Å². The minimum Gasteiger partial charge on any atom is -0.465 e. The first-order valence-corrected chi connectivity index (χ1v) is 7.06. The second kappa shape index (κ2) is 6.81. The van der Waals surface area contributed by atoms with E-state index in [0.29, 0.717) is 12.4 Å². The summed E-state index contributed by atoms with van der Waals surface area (Å²) >= 11 is 1.65. The number of benzene rings is 1. The fraction of sp³-hybridized carbons (Fsp3) is 0.500. The molecule has 0 aliphatic heterocycles. The van der Waals surface area contributed by atoms with Gasteiger partial charge in [-0.05, 0) is 40.0 Å². The lowest BCUT2D eigenvalue weighted by Gasteiger charge is -2.26. The number of hydrogen-bond donors (Lipinski definition) is 1. The summed E-state index contributed by atoms with van der Waals surface area (Å²) in [6.45, 7) is 6.16. The molecule has 0 amide bonds. The van der Waals surface area contributed by atoms with E-state index in [0.717, 1.165) is 4.90 Å². The minimum absolute atomic E-state index is 0.202. The predicted molar refractivity (Wildman–Crippen MR) is 76.0 cm³/mol. The van der Waals surface area contributed by atoms with Gasteiger partial charge in [0.1, 0.15) is 5.54 Å². The van der Waals surface area contributed by atoms with Crippen molar-refractivity contribution >= 4 is 17.7 Å². The van der Waals surface area contributed by atoms with Crippen molar-refractivity contribution in [2.24, 2.45) is 0 Å². The quantitative estimate of drug-likeness (QED) is 0.635. The third-order valence-corrected chi connectivity index (χ3v) is 4.15. The monoisotopic (exact) mass is 267 g/mol. The van der Waals surface area contributed by atoms with Gasteiger partial charge in [0.05, 0.1) is 6.61 Å². The van der Waals surface area contributed by atoms with Gasteiger partial charge < -0.3 is 10.1 Å². The summed E-state index contributed by atoms with van der Waals surface area (Å²) in [7, 11) is 1.78. The predicted octanol–water partition coefficient (Wildman–Crippen LogP) is 2.63. The first kappa shape index (κ1) is 15.1. The highest BCUT2D eigenvalue weighted by molar-refractivity contribution is 7.99. The third kappa shape index (κ3) is 4.03. The molecule has 0 radical (unpaired) electrons. The van der Waals surface area contributed by atoms with Crippen molar-refractivity contribution < 1.29 is 9.53 Å². The number of nitrogens with one attached hydrogen (secondary N) is 1. The third-order valence-electron chi connectivity index (χ3n) is 2.83. The Morgan fingerprint density at radius 3 is 2.50 bits per heavy atom. The number of carbonyl (C=O) groups is 1. The van der Waals surface area contributed by atoms with Gasteiger partial charge in [-0.2, -0.15) is 0 Å². The number of rotatable bonds is 6. The topological polar surface area (TPSA) is 38.3 Å². The second-order valence-electron chi connectivity index (χ2n) is 4.40. The largest absolute Gasteiger partial charge is 0.465 e. The molecule has 0 bridgehead atoms. The van der Waals surface area contributed by atoms with Crippen molar-refractivity contribution in [3.05, 3.63) is 29.8 Å². The molecular weight excluding hydrogens is 246 g/mol. The van der Waals surface area contributed by atoms with Crippen molar-refractivity contribution in [2.45, 2.75) is 31.2 Å². The lowest BCUT2D eigenvalue weighted by atomic mass is 10.1. The Morgan fingerprint density at radius 1 is 1.39 bits per heavy atom. The van der Waals surface area contributed by atoms with E-state index in [1.165, 1.54) is 5.56 Å². The molecule has 1 atom stereocenters. The zero-order valence-electron chi connectivity index (χ0n) is 11.4. The first-order valence-electron chi connectivity index (χ1n) is 6.07. The van der Waals surface area contributed by atoms with Crippen LogP contribution in [0.2, 0.25) is 0 Å². The number of hydrogen-bond acceptors (Lipinski definition) is 4. The van der Waals surface area contributed by atoms with Gasteiger partial charge in [0.15, 0.2) is 0 Å². The smallest absolute Gasteiger partial charge is 0.326 e. The highest BCUT2D eigenvalue weighted by atomic mass is 32.2. The summed E-state index contributed by atoms with van der Waals surface area (Å²) in [5.74, 6) is 0.442. The van der Waals surface area contributed by atoms with Crippen LogP contribution in [0, 0.1) is 6.92 Å². The molecule has 0 aliphatic carbocycles. The Labute approximate surface area is 113 Å². The van der Waals surface area contributed by atoms with E-state index in [9.17, 15) is 4.79 Å². The van der Waals surface area contributed by atoms with Gasteiger partial charge in [0.2, 0.25) is 0 Å². The van der Waals surface area contributed by atoms with E-state index in [-0.39, 0.29) is 5.97 Å². The highest BCUT2D eigenvalue weighted by Crippen LogP contribution is 2.23. The average molecular weight is 267 g/mol. The summed E-state index contributed by atoms with van der Waals surface area (Å²) in [4.78, 5) is 13.0. The van der Waals surface area contributed by atoms with Crippen molar-refractivity contribution in [3.63, 3.8) is 0 Å². The van der Waals surface area contributed by atoms with Gasteiger partial charge >= 0.3 is 5.97 Å². The summed E-state index contributed by atoms with van der Waals surface area (Å²) in [6, 6.07) is 8.29. The van der Waals surface area contributed by atoms with Gasteiger partial charge in [-0.15, -0.1) is 11.8 Å². The molecule has 0 spiro atoms. The van der Waals surface area contributed by atoms with Crippen LogP contribution in [0.3, 0.4) is 0 Å². The SMILES string of the molecule is CCOC(=O)C(C)(CSc1ccc(C)cc1)NC. The van der Waals surface area contributed by atoms with Crippen molar-refractivity contribution in [1.82, 2.24) is 5.32 Å². The average Bonchev–Trinajstić information content (AvgIpc) is 2.38. The molecule has 100 valence electrons. The molecule has 1 rings (SSSR count). The number of likely N-dealkylation sites (N-methyl/N-ethyl adjacent to an activating group) is 1. The van der Waals surface area contributed by atoms with Crippen LogP contribution in [0.25, 0.3) is 0 Å². The van der Waals surface area contributed by atoms with Crippen LogP contribution in [0.4, 0.5) is 0 Å². The van der Waals surface area contributed by atoms with Gasteiger partial charge in [-0.1, -0.05) is 17.7 Å². The van der Waals surface area contributed by atoms with Crippen LogP contribution >= 0.6 is 11.8 Å². The molecule has 1 aromatic rings. The van der Waals surface area contributed by atoms with Crippen molar-refractivity contribution in [2.75, 3.05) is 19.4 Å². The Bertz CT molecular complexity index is 391. The maximum Gasteiger partial charge on any atom is 0.326 e. The minimum atomic E-state index is -0.647. The Morgan fingerprint density at radius 2 is 2.00 bits per heavy atom. The van der Waals surface area contributed by atoms with Crippen LogP contribution in [-0.2, 0) is 9.53 Å². The molecule has 3 nitrogen and oxygen atoms in total. The van der Waals surface area contributed by atoms with Crippen molar-refractivity contribution in [1.29, 1.82) is 0 Å². The van der Waals surface area contributed by atoms with E-state index in [4.69, 9.17) is 4.74 Å². The molecule has 1 unspecified atom stereocenters. The maximum absolute atomic E-state index is 11.9. The first-order chi connectivity index (χ1) is 8.51. The van der Waals surface area contributed by atoms with Crippen LogP contribution < -0.4 is 5.32 Å². The van der Waals surface area contributed by atoms with E-state index in [2.05, 4.69) is 36.5 Å². The molecule has 0 heterocycles. The lowest BCUT2D eigenvalue weighted by molar-refractivity contribution is -0.149. The Hall–Kier alpha value is -1.00. The summed E-state index contributed by atoms with van der Waals surface area (Å²) in [5, 5.41) is 3.05.